The average Bonchev–Trinajstić information content (AvgIpc) is 1.60. The van der Waals surface area contributed by atoms with E-state index in [9.17, 15) is 8.76 Å². The third-order valence-corrected chi connectivity index (χ3v) is 2.26. The maximum Gasteiger partial charge on any atom is 0.0154 e. The molecule has 0 aliphatic carbocycles. The highest BCUT2D eigenvalue weighted by Gasteiger charge is 2.22. The van der Waals surface area contributed by atoms with E-state index in [-0.39, 0.29) is 0 Å². The summed E-state index contributed by atoms with van der Waals surface area (Å²) >= 11 is -1.84. The summed E-state index contributed by atoms with van der Waals surface area (Å²) in [5, 5.41) is 0. The van der Waals surface area contributed by atoms with E-state index in [1.165, 1.54) is 0 Å². The van der Waals surface area contributed by atoms with Crippen molar-refractivity contribution in [2.24, 2.45) is 5.92 Å². The first kappa shape index (κ1) is 7.18. The second-order valence-electron chi connectivity index (χ2n) is 2.56. The lowest BCUT2D eigenvalue weighted by Crippen LogP contribution is -2.46. The SMILES string of the molecule is CN1CC(CS(=O)[O-])C1. The minimum Gasteiger partial charge on any atom is -0.772 e. The Hall–Kier alpha value is 0.0700. The van der Waals surface area contributed by atoms with Crippen LogP contribution in [0.2, 0.25) is 0 Å². The quantitative estimate of drug-likeness (QED) is 0.492. The summed E-state index contributed by atoms with van der Waals surface area (Å²) in [6.45, 7) is 1.88. The van der Waals surface area contributed by atoms with Crippen molar-refractivity contribution in [3.8, 4) is 0 Å². The fraction of sp³-hybridized carbons (Fsp3) is 1.00. The molecule has 0 saturated carbocycles. The van der Waals surface area contributed by atoms with Crippen LogP contribution in [0.15, 0.2) is 0 Å². The standard InChI is InChI=1S/C5H11NO2S/c1-6-2-5(3-6)4-9(7)8/h5H,2-4H2,1H3,(H,7,8)/p-1. The zero-order chi connectivity index (χ0) is 6.85. The van der Waals surface area contributed by atoms with Gasteiger partial charge in [0.2, 0.25) is 0 Å². The predicted molar refractivity (Wildman–Crippen MR) is 34.8 cm³/mol. The first-order valence-corrected chi connectivity index (χ1v) is 4.17. The van der Waals surface area contributed by atoms with Crippen LogP contribution >= 0.6 is 0 Å². The van der Waals surface area contributed by atoms with Crippen LogP contribution in [0.1, 0.15) is 0 Å². The molecule has 1 heterocycles. The minimum atomic E-state index is -1.84. The van der Waals surface area contributed by atoms with Gasteiger partial charge in [-0.3, -0.25) is 4.21 Å². The summed E-state index contributed by atoms with van der Waals surface area (Å²) in [5.41, 5.74) is 0. The van der Waals surface area contributed by atoms with Crippen molar-refractivity contribution >= 4 is 11.1 Å². The molecule has 1 atom stereocenters. The zero-order valence-electron chi connectivity index (χ0n) is 5.37. The molecule has 0 bridgehead atoms. The van der Waals surface area contributed by atoms with E-state index >= 15 is 0 Å². The summed E-state index contributed by atoms with van der Waals surface area (Å²) in [6.07, 6.45) is 0. The number of likely N-dealkylation sites (tertiary alicyclic amines) is 1. The molecule has 0 N–H and O–H groups in total. The Morgan fingerprint density at radius 3 is 2.67 bits per heavy atom. The first-order chi connectivity index (χ1) is 4.18. The van der Waals surface area contributed by atoms with Crippen LogP contribution in [0.3, 0.4) is 0 Å². The topological polar surface area (TPSA) is 43.4 Å². The van der Waals surface area contributed by atoms with Gasteiger partial charge in [-0.25, -0.2) is 0 Å². The first-order valence-electron chi connectivity index (χ1n) is 2.93. The van der Waals surface area contributed by atoms with Gasteiger partial charge in [-0.05, 0) is 13.0 Å². The predicted octanol–water partition coefficient (Wildman–Crippen LogP) is -0.573. The molecule has 0 aromatic heterocycles. The van der Waals surface area contributed by atoms with E-state index in [2.05, 4.69) is 4.90 Å². The molecule has 0 spiro atoms. The molecule has 1 rings (SSSR count). The van der Waals surface area contributed by atoms with E-state index in [1.807, 2.05) is 7.05 Å². The van der Waals surface area contributed by atoms with Crippen LogP contribution in [0.4, 0.5) is 0 Å². The van der Waals surface area contributed by atoms with Crippen molar-refractivity contribution in [2.45, 2.75) is 0 Å². The highest BCUT2D eigenvalue weighted by atomic mass is 32.2. The van der Waals surface area contributed by atoms with Gasteiger partial charge >= 0.3 is 0 Å². The van der Waals surface area contributed by atoms with Gasteiger partial charge in [0.05, 0.1) is 0 Å². The van der Waals surface area contributed by atoms with Crippen LogP contribution in [0, 0.1) is 5.92 Å². The van der Waals surface area contributed by atoms with Gasteiger partial charge in [0.15, 0.2) is 0 Å². The summed E-state index contributed by atoms with van der Waals surface area (Å²) in [6, 6.07) is 0. The lowest BCUT2D eigenvalue weighted by molar-refractivity contribution is 0.151. The molecule has 1 saturated heterocycles. The lowest BCUT2D eigenvalue weighted by Gasteiger charge is -2.36. The Balaban J connectivity index is 2.11. The van der Waals surface area contributed by atoms with Crippen molar-refractivity contribution in [3.05, 3.63) is 0 Å². The maximum absolute atomic E-state index is 10.1. The molecule has 54 valence electrons. The molecular formula is C5H10NO2S-. The molecule has 0 amide bonds. The molecule has 0 aromatic carbocycles. The third kappa shape index (κ3) is 2.04. The number of rotatable bonds is 2. The maximum atomic E-state index is 10.1. The van der Waals surface area contributed by atoms with Crippen LogP contribution in [0.25, 0.3) is 0 Å². The third-order valence-electron chi connectivity index (χ3n) is 1.51. The highest BCUT2D eigenvalue weighted by molar-refractivity contribution is 7.79. The summed E-state index contributed by atoms with van der Waals surface area (Å²) in [4.78, 5) is 2.11. The van der Waals surface area contributed by atoms with Crippen molar-refractivity contribution in [1.82, 2.24) is 4.90 Å². The molecule has 0 aromatic rings. The van der Waals surface area contributed by atoms with E-state index in [4.69, 9.17) is 0 Å². The van der Waals surface area contributed by atoms with E-state index in [0.717, 1.165) is 13.1 Å². The van der Waals surface area contributed by atoms with Gasteiger partial charge < -0.3 is 9.45 Å². The fourth-order valence-corrected chi connectivity index (χ4v) is 1.72. The van der Waals surface area contributed by atoms with Crippen LogP contribution < -0.4 is 0 Å². The number of hydrogen-bond donors (Lipinski definition) is 0. The zero-order valence-corrected chi connectivity index (χ0v) is 6.19. The minimum absolute atomic E-state index is 0.338. The average molecular weight is 148 g/mol. The molecule has 1 aliphatic heterocycles. The molecule has 1 unspecified atom stereocenters. The Morgan fingerprint density at radius 2 is 2.33 bits per heavy atom. The Bertz CT molecular complexity index is 122. The Labute approximate surface area is 57.3 Å². The van der Waals surface area contributed by atoms with E-state index in [1.54, 1.807) is 0 Å². The van der Waals surface area contributed by atoms with Crippen LogP contribution in [-0.4, -0.2) is 39.6 Å². The molecular weight excluding hydrogens is 138 g/mol. The van der Waals surface area contributed by atoms with Crippen LogP contribution in [0.5, 0.6) is 0 Å². The van der Waals surface area contributed by atoms with E-state index < -0.39 is 11.1 Å². The lowest BCUT2D eigenvalue weighted by atomic mass is 10.0. The normalized spacial score (nSPS) is 25.6. The summed E-state index contributed by atoms with van der Waals surface area (Å²) in [7, 11) is 1.99. The Kier molecular flexibility index (Phi) is 2.21. The molecule has 4 heteroatoms. The number of hydrogen-bond acceptors (Lipinski definition) is 3. The molecule has 0 radical (unpaired) electrons. The Morgan fingerprint density at radius 1 is 1.78 bits per heavy atom. The highest BCUT2D eigenvalue weighted by Crippen LogP contribution is 2.12. The molecule has 1 fully saturated rings. The molecule has 1 aliphatic rings. The fourth-order valence-electron chi connectivity index (χ4n) is 1.13. The van der Waals surface area contributed by atoms with Gasteiger partial charge in [-0.15, -0.1) is 0 Å². The smallest absolute Gasteiger partial charge is 0.0154 e. The number of nitrogens with zero attached hydrogens (tertiary/aromatic N) is 1. The van der Waals surface area contributed by atoms with Gasteiger partial charge in [-0.2, -0.15) is 0 Å². The van der Waals surface area contributed by atoms with Gasteiger partial charge in [0.25, 0.3) is 0 Å². The van der Waals surface area contributed by atoms with Gasteiger partial charge in [0, 0.05) is 18.8 Å². The van der Waals surface area contributed by atoms with Gasteiger partial charge in [-0.1, -0.05) is 11.1 Å². The summed E-state index contributed by atoms with van der Waals surface area (Å²) in [5.74, 6) is 0.734. The largest absolute Gasteiger partial charge is 0.772 e. The molecule has 9 heavy (non-hydrogen) atoms. The summed E-state index contributed by atoms with van der Waals surface area (Å²) < 4.78 is 20.2. The van der Waals surface area contributed by atoms with Crippen molar-refractivity contribution in [1.29, 1.82) is 0 Å². The molecule has 3 nitrogen and oxygen atoms in total. The second-order valence-corrected chi connectivity index (χ2v) is 3.50. The van der Waals surface area contributed by atoms with Crippen molar-refractivity contribution in [2.75, 3.05) is 25.9 Å². The monoisotopic (exact) mass is 148 g/mol. The van der Waals surface area contributed by atoms with E-state index in [0.29, 0.717) is 11.7 Å². The second kappa shape index (κ2) is 2.77. The van der Waals surface area contributed by atoms with Gasteiger partial charge in [0.1, 0.15) is 0 Å². The van der Waals surface area contributed by atoms with Crippen LogP contribution in [-0.2, 0) is 11.1 Å². The van der Waals surface area contributed by atoms with Crippen molar-refractivity contribution < 1.29 is 8.76 Å². The van der Waals surface area contributed by atoms with Crippen molar-refractivity contribution in [3.63, 3.8) is 0 Å².